The zero-order valence-electron chi connectivity index (χ0n) is 31.1. The van der Waals surface area contributed by atoms with Gasteiger partial charge in [-0.05, 0) is 42.0 Å². The molecule has 3 unspecified atom stereocenters. The van der Waals surface area contributed by atoms with Gasteiger partial charge in [-0.2, -0.15) is 0 Å². The first-order valence-electron chi connectivity index (χ1n) is 18.6. The summed E-state index contributed by atoms with van der Waals surface area (Å²) in [5, 5.41) is 5.05. The maximum Gasteiger partial charge on any atom is 0.407 e. The van der Waals surface area contributed by atoms with Crippen LogP contribution in [-0.4, -0.2) is 71.1 Å². The molecule has 0 aromatic heterocycles. The molecule has 11 nitrogen and oxygen atoms in total. The first-order valence-corrected chi connectivity index (χ1v) is 19.7. The van der Waals surface area contributed by atoms with E-state index in [1.165, 1.54) is 11.8 Å². The zero-order chi connectivity index (χ0) is 39.5. The molecule has 4 aromatic carbocycles. The summed E-state index contributed by atoms with van der Waals surface area (Å²) in [6.45, 7) is 5.79. The molecule has 2 N–H and O–H groups in total. The Morgan fingerprint density at radius 2 is 1.32 bits per heavy atom. The minimum Gasteiger partial charge on any atom is -0.452 e. The van der Waals surface area contributed by atoms with E-state index in [0.717, 1.165) is 22.3 Å². The minimum absolute atomic E-state index is 0.0144. The number of thioether (sulfide) groups is 1. The number of nitrogens with zero attached hydrogens (tertiary/aromatic N) is 1. The largest absolute Gasteiger partial charge is 0.452 e. The monoisotopic (exact) mass is 775 g/mol. The van der Waals surface area contributed by atoms with Gasteiger partial charge in [0, 0.05) is 18.7 Å². The molecule has 12 heteroatoms. The number of rotatable bonds is 16. The average molecular weight is 776 g/mol. The predicted molar refractivity (Wildman–Crippen MR) is 212 cm³/mol. The highest BCUT2D eigenvalue weighted by Crippen LogP contribution is 2.44. The molecule has 4 aromatic rings. The lowest BCUT2D eigenvalue weighted by Crippen LogP contribution is -2.73. The van der Waals surface area contributed by atoms with Crippen molar-refractivity contribution in [3.05, 3.63) is 156 Å². The molecular formula is C44H45N3O8S. The SMILES string of the molecule is C=CC1(C(=O)OC(c2ccccc2)c2ccccc2)CS[C@@H]2C(NC(=O)CCCC(NC(=O)OCC)C(=O)OC(c3ccccc3)c3ccccc3)C(=O)N2C1. The van der Waals surface area contributed by atoms with Crippen molar-refractivity contribution in [3.63, 3.8) is 0 Å². The van der Waals surface area contributed by atoms with E-state index in [9.17, 15) is 24.0 Å². The summed E-state index contributed by atoms with van der Waals surface area (Å²) in [5.41, 5.74) is 2.00. The number of carbonyl (C=O) groups excluding carboxylic acids is 5. The normalized spacial score (nSPS) is 19.2. The van der Waals surface area contributed by atoms with E-state index in [1.807, 2.05) is 121 Å². The molecule has 2 aliphatic rings. The van der Waals surface area contributed by atoms with E-state index < -0.39 is 47.7 Å². The molecule has 0 spiro atoms. The van der Waals surface area contributed by atoms with Crippen LogP contribution in [0, 0.1) is 5.41 Å². The number of ether oxygens (including phenoxy) is 3. The molecule has 2 heterocycles. The fraction of sp³-hybridized carbons (Fsp3) is 0.295. The number of amides is 3. The number of hydrogen-bond acceptors (Lipinski definition) is 9. The van der Waals surface area contributed by atoms with Crippen LogP contribution in [0.5, 0.6) is 0 Å². The summed E-state index contributed by atoms with van der Waals surface area (Å²) in [5.74, 6) is -1.55. The van der Waals surface area contributed by atoms with Gasteiger partial charge in [-0.1, -0.05) is 127 Å². The topological polar surface area (TPSA) is 140 Å². The summed E-state index contributed by atoms with van der Waals surface area (Å²) < 4.78 is 17.2. The van der Waals surface area contributed by atoms with Crippen LogP contribution in [0.2, 0.25) is 0 Å². The van der Waals surface area contributed by atoms with Crippen molar-refractivity contribution in [2.45, 2.75) is 55.9 Å². The number of carbonyl (C=O) groups is 5. The molecule has 0 bridgehead atoms. The second-order valence-corrected chi connectivity index (χ2v) is 14.7. The lowest BCUT2D eigenvalue weighted by atomic mass is 9.87. The third kappa shape index (κ3) is 9.31. The molecule has 3 amide bonds. The first kappa shape index (κ1) is 39.8. The van der Waals surface area contributed by atoms with Crippen LogP contribution in [-0.2, 0) is 33.4 Å². The average Bonchev–Trinajstić information content (AvgIpc) is 3.24. The molecule has 0 saturated carbocycles. The first-order chi connectivity index (χ1) is 27.2. The van der Waals surface area contributed by atoms with Crippen molar-refractivity contribution >= 4 is 41.6 Å². The number of fused-ring (bicyclic) bond motifs is 1. The number of alkyl carbamates (subject to hydrolysis) is 1. The van der Waals surface area contributed by atoms with E-state index in [-0.39, 0.29) is 49.6 Å². The highest BCUT2D eigenvalue weighted by atomic mass is 32.2. The van der Waals surface area contributed by atoms with Crippen LogP contribution in [0.3, 0.4) is 0 Å². The highest BCUT2D eigenvalue weighted by molar-refractivity contribution is 8.00. The van der Waals surface area contributed by atoms with Gasteiger partial charge in [0.15, 0.2) is 12.2 Å². The molecule has 4 atom stereocenters. The van der Waals surface area contributed by atoms with Gasteiger partial charge in [-0.3, -0.25) is 14.4 Å². The van der Waals surface area contributed by atoms with Crippen molar-refractivity contribution < 1.29 is 38.2 Å². The number of esters is 2. The van der Waals surface area contributed by atoms with E-state index in [2.05, 4.69) is 17.2 Å². The Balaban J connectivity index is 1.05. The third-order valence-corrected chi connectivity index (χ3v) is 11.4. The maximum atomic E-state index is 13.9. The lowest BCUT2D eigenvalue weighted by Gasteiger charge is -2.53. The summed E-state index contributed by atoms with van der Waals surface area (Å²) in [4.78, 5) is 68.1. The van der Waals surface area contributed by atoms with Gasteiger partial charge in [0.2, 0.25) is 11.8 Å². The summed E-state index contributed by atoms with van der Waals surface area (Å²) in [7, 11) is 0. The summed E-state index contributed by atoms with van der Waals surface area (Å²) in [6, 6.07) is 35.6. The van der Waals surface area contributed by atoms with Crippen LogP contribution in [0.4, 0.5) is 4.79 Å². The number of β-lactam (4-membered cyclic amide) rings is 1. The second kappa shape index (κ2) is 18.6. The lowest BCUT2D eigenvalue weighted by molar-refractivity contribution is -0.162. The Morgan fingerprint density at radius 1 is 0.821 bits per heavy atom. The fourth-order valence-electron chi connectivity index (χ4n) is 6.79. The van der Waals surface area contributed by atoms with Crippen LogP contribution in [0.25, 0.3) is 0 Å². The van der Waals surface area contributed by atoms with E-state index in [4.69, 9.17) is 14.2 Å². The number of nitrogens with one attached hydrogen (secondary N) is 2. The highest BCUT2D eigenvalue weighted by Gasteiger charge is 2.57. The van der Waals surface area contributed by atoms with Crippen LogP contribution < -0.4 is 10.6 Å². The maximum absolute atomic E-state index is 13.9. The van der Waals surface area contributed by atoms with Crippen molar-refractivity contribution in [3.8, 4) is 0 Å². The molecular weight excluding hydrogens is 731 g/mol. The molecule has 2 aliphatic heterocycles. The zero-order valence-corrected chi connectivity index (χ0v) is 31.9. The summed E-state index contributed by atoms with van der Waals surface area (Å²) in [6.07, 6.45) is -0.321. The van der Waals surface area contributed by atoms with Crippen molar-refractivity contribution in [2.75, 3.05) is 18.9 Å². The van der Waals surface area contributed by atoms with Crippen LogP contribution >= 0.6 is 11.8 Å². The Labute approximate surface area is 330 Å². The number of benzene rings is 4. The van der Waals surface area contributed by atoms with Crippen molar-refractivity contribution in [1.82, 2.24) is 15.5 Å². The third-order valence-electron chi connectivity index (χ3n) is 9.84. The quantitative estimate of drug-likeness (QED) is 0.0565. The van der Waals surface area contributed by atoms with Gasteiger partial charge < -0.3 is 29.7 Å². The second-order valence-electron chi connectivity index (χ2n) is 13.6. The molecule has 0 aliphatic carbocycles. The Morgan fingerprint density at radius 3 is 1.80 bits per heavy atom. The Hall–Kier alpha value is -5.88. The predicted octanol–water partition coefficient (Wildman–Crippen LogP) is 6.51. The Kier molecular flexibility index (Phi) is 13.2. The standard InChI is InChI=1S/C44H45N3O8S/c1-3-44(42(51)55-38(32-22-13-7-14-23-32)33-24-15-8-16-25-33)28-47-39(49)36(40(47)56-29-44)46-35(48)27-17-26-34(45-43(52)53-4-2)41(50)54-37(30-18-9-5-10-19-30)31-20-11-6-12-21-31/h3,5-16,18-25,34,36-38,40H,1,4,17,26-29H2,2H3,(H,45,52)(H,46,48)/t34?,36?,40-,44?/m1/s1. The summed E-state index contributed by atoms with van der Waals surface area (Å²) >= 11 is 1.39. The van der Waals surface area contributed by atoms with Gasteiger partial charge in [-0.25, -0.2) is 9.59 Å². The fourth-order valence-corrected chi connectivity index (χ4v) is 8.32. The van der Waals surface area contributed by atoms with E-state index >= 15 is 0 Å². The van der Waals surface area contributed by atoms with Gasteiger partial charge in [0.25, 0.3) is 0 Å². The molecule has 6 rings (SSSR count). The molecule has 0 radical (unpaired) electrons. The molecule has 56 heavy (non-hydrogen) atoms. The van der Waals surface area contributed by atoms with Gasteiger partial charge in [0.05, 0.1) is 6.61 Å². The van der Waals surface area contributed by atoms with E-state index in [1.54, 1.807) is 17.9 Å². The van der Waals surface area contributed by atoms with Crippen molar-refractivity contribution in [2.24, 2.45) is 5.41 Å². The molecule has 2 fully saturated rings. The molecule has 2 saturated heterocycles. The van der Waals surface area contributed by atoms with E-state index in [0.29, 0.717) is 5.75 Å². The number of hydrogen-bond donors (Lipinski definition) is 2. The van der Waals surface area contributed by atoms with Gasteiger partial charge in [0.1, 0.15) is 22.9 Å². The van der Waals surface area contributed by atoms with Crippen LogP contribution in [0.1, 0.15) is 60.6 Å². The molecule has 290 valence electrons. The van der Waals surface area contributed by atoms with Gasteiger partial charge in [-0.15, -0.1) is 18.3 Å². The smallest absolute Gasteiger partial charge is 0.407 e. The van der Waals surface area contributed by atoms with Gasteiger partial charge >= 0.3 is 18.0 Å². The Bertz CT molecular complexity index is 1910. The van der Waals surface area contributed by atoms with Crippen molar-refractivity contribution in [1.29, 1.82) is 0 Å². The van der Waals surface area contributed by atoms with Crippen LogP contribution in [0.15, 0.2) is 134 Å². The minimum atomic E-state index is -1.15.